The number of benzene rings is 21. The standard InChI is InChI=1S/C66H48N2.C60H44N2.2C2H6/c1-6-16-49(17-7-1)53-26-36-62(37-27-53)67(61-24-14-5-15-25-61)63-40-30-55(31-41-63)56-32-42-65(43-33-56)68(64-38-28-54(29-39-64)50-18-8-2-9-19-50)66-44-34-57(35-45-66)60-47-58(51-20-10-3-11-21-51)46-59(48-60)52-22-12-4-13-23-52;1-5-13-45(14-6-1)49-21-33-55(34-22-49)61(56-35-23-50(24-36-56)46-15-7-2-8-16-46)59-41-29-53(30-42-59)54-31-43-60(44-32-54)62(57-37-25-51(26-38-57)47-17-9-3-10-18-47)58-39-27-52(28-40-58)48-19-11-4-12-20-48;2*1-2/h1-48H;1-44H;2*1-2H3. The van der Waals surface area contributed by atoms with Gasteiger partial charge in [-0.15, -0.1) is 0 Å². The summed E-state index contributed by atoms with van der Waals surface area (Å²) >= 11 is 0. The molecule has 21 rings (SSSR count). The van der Waals surface area contributed by atoms with Gasteiger partial charge >= 0.3 is 0 Å². The van der Waals surface area contributed by atoms with Crippen molar-refractivity contribution < 1.29 is 0 Å². The fraction of sp³-hybridized carbons (Fsp3) is 0.0308. The lowest BCUT2D eigenvalue weighted by atomic mass is 9.93. The van der Waals surface area contributed by atoms with Crippen LogP contribution in [0.2, 0.25) is 0 Å². The van der Waals surface area contributed by atoms with E-state index in [1.807, 2.05) is 27.7 Å². The van der Waals surface area contributed by atoms with Crippen molar-refractivity contribution in [3.63, 3.8) is 0 Å². The molecule has 0 amide bonds. The van der Waals surface area contributed by atoms with Crippen molar-refractivity contribution in [2.45, 2.75) is 27.7 Å². The molecule has 0 heterocycles. The highest BCUT2D eigenvalue weighted by molar-refractivity contribution is 5.89. The van der Waals surface area contributed by atoms with Crippen molar-refractivity contribution in [1.82, 2.24) is 0 Å². The molecule has 21 aromatic carbocycles. The second kappa shape index (κ2) is 42.8. The molecular weight excluding hydrogens is 1620 g/mol. The van der Waals surface area contributed by atoms with Crippen LogP contribution in [-0.2, 0) is 0 Å². The lowest BCUT2D eigenvalue weighted by Gasteiger charge is -2.27. The van der Waals surface area contributed by atoms with Gasteiger partial charge in [0.15, 0.2) is 0 Å². The summed E-state index contributed by atoms with van der Waals surface area (Å²) in [7, 11) is 0. The first-order valence-electron chi connectivity index (χ1n) is 46.4. The van der Waals surface area contributed by atoms with Gasteiger partial charge in [-0.1, -0.05) is 422 Å². The van der Waals surface area contributed by atoms with Crippen LogP contribution >= 0.6 is 0 Å². The van der Waals surface area contributed by atoms with Gasteiger partial charge in [0.1, 0.15) is 0 Å². The molecule has 4 heteroatoms. The van der Waals surface area contributed by atoms with E-state index in [-0.39, 0.29) is 0 Å². The van der Waals surface area contributed by atoms with Gasteiger partial charge < -0.3 is 19.6 Å². The molecule has 0 saturated carbocycles. The molecule has 0 fully saturated rings. The van der Waals surface area contributed by atoms with E-state index in [0.717, 1.165) is 96.1 Å². The summed E-state index contributed by atoms with van der Waals surface area (Å²) in [4.78, 5) is 9.33. The normalized spacial score (nSPS) is 10.7. The summed E-state index contributed by atoms with van der Waals surface area (Å²) in [5.74, 6) is 0. The first-order chi connectivity index (χ1) is 66.4. The van der Waals surface area contributed by atoms with E-state index in [0.29, 0.717) is 0 Å². The number of hydrogen-bond acceptors (Lipinski definition) is 4. The van der Waals surface area contributed by atoms with Gasteiger partial charge in [-0.25, -0.2) is 0 Å². The van der Waals surface area contributed by atoms with Crippen LogP contribution in [0.3, 0.4) is 0 Å². The van der Waals surface area contributed by atoms with Gasteiger partial charge in [-0.05, 0) is 286 Å². The van der Waals surface area contributed by atoms with Crippen molar-refractivity contribution in [2.75, 3.05) is 19.6 Å². The van der Waals surface area contributed by atoms with Gasteiger partial charge in [-0.3, -0.25) is 0 Å². The van der Waals surface area contributed by atoms with E-state index >= 15 is 0 Å². The molecule has 21 aromatic rings. The number of anilines is 12. The molecule has 0 saturated heterocycles. The van der Waals surface area contributed by atoms with Crippen LogP contribution in [0.25, 0.3) is 122 Å². The van der Waals surface area contributed by atoms with Crippen molar-refractivity contribution >= 4 is 68.2 Å². The van der Waals surface area contributed by atoms with Crippen molar-refractivity contribution in [3.8, 4) is 122 Å². The van der Waals surface area contributed by atoms with Crippen molar-refractivity contribution in [2.24, 2.45) is 0 Å². The zero-order valence-corrected chi connectivity index (χ0v) is 75.9. The Hall–Kier alpha value is -17.2. The summed E-state index contributed by atoms with van der Waals surface area (Å²) in [5, 5.41) is 0. The third-order valence-electron chi connectivity index (χ3n) is 24.2. The number of para-hydroxylation sites is 1. The Bertz CT molecular complexity index is 6770. The van der Waals surface area contributed by atoms with E-state index in [1.54, 1.807) is 0 Å². The second-order valence-corrected chi connectivity index (χ2v) is 32.4. The average Bonchev–Trinajstić information content (AvgIpc) is 0.774. The van der Waals surface area contributed by atoms with Crippen molar-refractivity contribution in [3.05, 3.63) is 558 Å². The smallest absolute Gasteiger partial charge is 0.0462 e. The maximum Gasteiger partial charge on any atom is 0.0462 e. The lowest BCUT2D eigenvalue weighted by Crippen LogP contribution is -2.10. The molecule has 0 spiro atoms. The van der Waals surface area contributed by atoms with E-state index in [9.17, 15) is 0 Å². The van der Waals surface area contributed by atoms with E-state index in [2.05, 4.69) is 578 Å². The molecular formula is C130H104N4. The molecule has 134 heavy (non-hydrogen) atoms. The Labute approximate surface area is 790 Å². The second-order valence-electron chi connectivity index (χ2n) is 32.4. The summed E-state index contributed by atoms with van der Waals surface area (Å²) < 4.78 is 0. The number of rotatable bonds is 23. The fourth-order valence-corrected chi connectivity index (χ4v) is 17.4. The quantitative estimate of drug-likeness (QED) is 0.0633. The minimum atomic E-state index is 1.08. The minimum Gasteiger partial charge on any atom is -0.311 e. The molecule has 0 aliphatic carbocycles. The van der Waals surface area contributed by atoms with Crippen LogP contribution in [0.15, 0.2) is 558 Å². The zero-order chi connectivity index (χ0) is 91.0. The van der Waals surface area contributed by atoms with E-state index in [4.69, 9.17) is 0 Å². The van der Waals surface area contributed by atoms with E-state index in [1.165, 1.54) is 94.6 Å². The summed E-state index contributed by atoms with van der Waals surface area (Å²) in [6.07, 6.45) is 0. The molecule has 4 nitrogen and oxygen atoms in total. The molecule has 0 bridgehead atoms. The van der Waals surface area contributed by atoms with Crippen LogP contribution in [-0.4, -0.2) is 0 Å². The Morgan fingerprint density at radius 3 is 0.284 bits per heavy atom. The highest BCUT2D eigenvalue weighted by Crippen LogP contribution is 2.45. The molecule has 0 aromatic heterocycles. The van der Waals surface area contributed by atoms with Crippen LogP contribution in [0.5, 0.6) is 0 Å². The third-order valence-corrected chi connectivity index (χ3v) is 24.2. The van der Waals surface area contributed by atoms with E-state index < -0.39 is 0 Å². The highest BCUT2D eigenvalue weighted by Gasteiger charge is 2.21. The predicted molar refractivity (Wildman–Crippen MR) is 574 cm³/mol. The van der Waals surface area contributed by atoms with Crippen LogP contribution < -0.4 is 19.6 Å². The Balaban J connectivity index is 0.000000173. The number of nitrogens with zero attached hydrogens (tertiary/aromatic N) is 4. The number of hydrogen-bond donors (Lipinski definition) is 0. The zero-order valence-electron chi connectivity index (χ0n) is 75.9. The minimum absolute atomic E-state index is 1.08. The SMILES string of the molecule is CC.CC.c1ccc(-c2ccc(N(c3ccc(-c4ccccc4)cc3)c3ccc(-c4ccc(N(c5ccc(-c6ccccc6)cc5)c5ccc(-c6ccccc6)cc5)cc4)cc3)cc2)cc1.c1ccc(-c2ccc(N(c3ccccc3)c3ccc(-c4ccc(N(c5ccc(-c6ccccc6)cc5)c5ccc(-c6cc(-c7ccccc7)cc(-c7ccccc7)c6)cc5)cc4)cc3)cc2)cc1. The summed E-state index contributed by atoms with van der Waals surface area (Å²) in [6.45, 7) is 8.00. The lowest BCUT2D eigenvalue weighted by molar-refractivity contribution is 1.28. The Morgan fingerprint density at radius 1 is 0.0821 bits per heavy atom. The highest BCUT2D eigenvalue weighted by atomic mass is 15.2. The molecule has 0 aliphatic rings. The van der Waals surface area contributed by atoms with Crippen LogP contribution in [0.4, 0.5) is 68.2 Å². The molecule has 0 radical (unpaired) electrons. The first-order valence-corrected chi connectivity index (χ1v) is 46.4. The first kappa shape index (κ1) is 87.5. The topological polar surface area (TPSA) is 13.0 Å². The Kier molecular flexibility index (Phi) is 28.0. The molecule has 644 valence electrons. The summed E-state index contributed by atoms with van der Waals surface area (Å²) in [6, 6.07) is 200. The van der Waals surface area contributed by atoms with Gasteiger partial charge in [0.25, 0.3) is 0 Å². The monoisotopic (exact) mass is 1720 g/mol. The Morgan fingerprint density at radius 2 is 0.164 bits per heavy atom. The predicted octanol–water partition coefficient (Wildman–Crippen LogP) is 37.6. The van der Waals surface area contributed by atoms with Crippen molar-refractivity contribution in [1.29, 1.82) is 0 Å². The van der Waals surface area contributed by atoms with Gasteiger partial charge in [0.05, 0.1) is 0 Å². The largest absolute Gasteiger partial charge is 0.311 e. The third kappa shape index (κ3) is 20.6. The maximum atomic E-state index is 2.35. The fourth-order valence-electron chi connectivity index (χ4n) is 17.4. The van der Waals surface area contributed by atoms with Gasteiger partial charge in [0.2, 0.25) is 0 Å². The van der Waals surface area contributed by atoms with Crippen LogP contribution in [0.1, 0.15) is 27.7 Å². The van der Waals surface area contributed by atoms with Gasteiger partial charge in [0, 0.05) is 68.2 Å². The average molecular weight is 1720 g/mol. The van der Waals surface area contributed by atoms with Crippen LogP contribution in [0, 0.1) is 0 Å². The molecule has 0 aliphatic heterocycles. The molecule has 0 unspecified atom stereocenters. The maximum absolute atomic E-state index is 2.35. The summed E-state index contributed by atoms with van der Waals surface area (Å²) in [5.41, 5.74) is 39.3. The molecule has 0 N–H and O–H groups in total. The molecule has 0 atom stereocenters. The van der Waals surface area contributed by atoms with Gasteiger partial charge in [-0.2, -0.15) is 0 Å².